The zero-order valence-corrected chi connectivity index (χ0v) is 12.6. The normalized spacial score (nSPS) is 10.6. The van der Waals surface area contributed by atoms with Crippen molar-refractivity contribution in [2.75, 3.05) is 6.54 Å². The SMILES string of the molecule is CCNCc1cccnc1Sc1ccccc1Br. The molecule has 0 saturated carbocycles. The summed E-state index contributed by atoms with van der Waals surface area (Å²) in [6, 6.07) is 12.3. The van der Waals surface area contributed by atoms with Crippen molar-refractivity contribution in [2.24, 2.45) is 0 Å². The topological polar surface area (TPSA) is 24.9 Å². The molecule has 0 spiro atoms. The fourth-order valence-corrected chi connectivity index (χ4v) is 2.97. The minimum absolute atomic E-state index is 0.858. The first-order valence-electron chi connectivity index (χ1n) is 5.88. The Balaban J connectivity index is 2.21. The summed E-state index contributed by atoms with van der Waals surface area (Å²) in [7, 11) is 0. The van der Waals surface area contributed by atoms with E-state index < -0.39 is 0 Å². The van der Waals surface area contributed by atoms with Crippen molar-refractivity contribution in [3.05, 3.63) is 52.6 Å². The Labute approximate surface area is 120 Å². The van der Waals surface area contributed by atoms with Gasteiger partial charge in [0, 0.05) is 22.1 Å². The molecule has 0 amide bonds. The second-order valence-corrected chi connectivity index (χ2v) is 5.67. The maximum atomic E-state index is 4.47. The van der Waals surface area contributed by atoms with E-state index in [0.717, 1.165) is 22.6 Å². The number of halogens is 1. The molecule has 0 unspecified atom stereocenters. The molecular formula is C14H15BrN2S. The van der Waals surface area contributed by atoms with Crippen molar-refractivity contribution in [3.63, 3.8) is 0 Å². The molecule has 0 aliphatic rings. The highest BCUT2D eigenvalue weighted by Crippen LogP contribution is 2.33. The number of hydrogen-bond acceptors (Lipinski definition) is 3. The van der Waals surface area contributed by atoms with E-state index in [1.165, 1.54) is 10.5 Å². The number of benzene rings is 1. The number of hydrogen-bond donors (Lipinski definition) is 1. The minimum atomic E-state index is 0.858. The highest BCUT2D eigenvalue weighted by atomic mass is 79.9. The van der Waals surface area contributed by atoms with Crippen LogP contribution in [0, 0.1) is 0 Å². The van der Waals surface area contributed by atoms with Gasteiger partial charge in [0.25, 0.3) is 0 Å². The molecule has 18 heavy (non-hydrogen) atoms. The second-order valence-electron chi connectivity index (χ2n) is 3.78. The Morgan fingerprint density at radius 2 is 2.06 bits per heavy atom. The molecule has 2 nitrogen and oxygen atoms in total. The molecule has 1 aromatic heterocycles. The van der Waals surface area contributed by atoms with Gasteiger partial charge < -0.3 is 5.32 Å². The van der Waals surface area contributed by atoms with Crippen molar-refractivity contribution < 1.29 is 0 Å². The maximum absolute atomic E-state index is 4.47. The Kier molecular flexibility index (Phi) is 5.23. The van der Waals surface area contributed by atoms with E-state index >= 15 is 0 Å². The largest absolute Gasteiger partial charge is 0.313 e. The molecule has 0 radical (unpaired) electrons. The summed E-state index contributed by atoms with van der Waals surface area (Å²) in [5, 5.41) is 4.40. The van der Waals surface area contributed by atoms with Gasteiger partial charge in [-0.2, -0.15) is 0 Å². The first-order valence-corrected chi connectivity index (χ1v) is 7.49. The van der Waals surface area contributed by atoms with Crippen molar-refractivity contribution in [1.82, 2.24) is 10.3 Å². The molecule has 1 aromatic carbocycles. The number of nitrogens with one attached hydrogen (secondary N) is 1. The van der Waals surface area contributed by atoms with Crippen LogP contribution in [0.3, 0.4) is 0 Å². The average molecular weight is 323 g/mol. The van der Waals surface area contributed by atoms with Crippen LogP contribution >= 0.6 is 27.7 Å². The Bertz CT molecular complexity index is 517. The van der Waals surface area contributed by atoms with Crippen molar-refractivity contribution in [3.8, 4) is 0 Å². The minimum Gasteiger partial charge on any atom is -0.313 e. The third-order valence-electron chi connectivity index (χ3n) is 2.46. The first-order chi connectivity index (χ1) is 8.81. The lowest BCUT2D eigenvalue weighted by Gasteiger charge is -2.09. The summed E-state index contributed by atoms with van der Waals surface area (Å²) in [4.78, 5) is 5.66. The lowest BCUT2D eigenvalue weighted by atomic mass is 10.3. The standard InChI is InChI=1S/C14H15BrN2S/c1-2-16-10-11-6-5-9-17-14(11)18-13-8-4-3-7-12(13)15/h3-9,16H,2,10H2,1H3. The predicted molar refractivity (Wildman–Crippen MR) is 79.9 cm³/mol. The van der Waals surface area contributed by atoms with E-state index in [-0.39, 0.29) is 0 Å². The molecular weight excluding hydrogens is 308 g/mol. The molecule has 1 heterocycles. The molecule has 94 valence electrons. The van der Waals surface area contributed by atoms with Gasteiger partial charge in [0.15, 0.2) is 0 Å². The summed E-state index contributed by atoms with van der Waals surface area (Å²) in [5.74, 6) is 0. The molecule has 0 atom stereocenters. The Morgan fingerprint density at radius 3 is 2.83 bits per heavy atom. The molecule has 0 aliphatic heterocycles. The molecule has 0 fully saturated rings. The van der Waals surface area contributed by atoms with Crippen molar-refractivity contribution in [1.29, 1.82) is 0 Å². The quantitative estimate of drug-likeness (QED) is 0.896. The lowest BCUT2D eigenvalue weighted by Crippen LogP contribution is -2.12. The lowest BCUT2D eigenvalue weighted by molar-refractivity contribution is 0.711. The van der Waals surface area contributed by atoms with E-state index in [4.69, 9.17) is 0 Å². The van der Waals surface area contributed by atoms with Crippen LogP contribution in [0.4, 0.5) is 0 Å². The third-order valence-corrected chi connectivity index (χ3v) is 4.55. The molecule has 2 rings (SSSR count). The summed E-state index contributed by atoms with van der Waals surface area (Å²) >= 11 is 5.26. The highest BCUT2D eigenvalue weighted by Gasteiger charge is 2.07. The smallest absolute Gasteiger partial charge is 0.105 e. The number of nitrogens with zero attached hydrogens (tertiary/aromatic N) is 1. The fraction of sp³-hybridized carbons (Fsp3) is 0.214. The van der Waals surface area contributed by atoms with E-state index in [2.05, 4.69) is 51.4 Å². The van der Waals surface area contributed by atoms with Gasteiger partial charge in [-0.25, -0.2) is 4.98 Å². The number of rotatable bonds is 5. The highest BCUT2D eigenvalue weighted by molar-refractivity contribution is 9.10. The number of aromatic nitrogens is 1. The molecule has 4 heteroatoms. The Hall–Kier alpha value is -0.840. The molecule has 0 saturated heterocycles. The van der Waals surface area contributed by atoms with Crippen LogP contribution < -0.4 is 5.32 Å². The zero-order valence-electron chi connectivity index (χ0n) is 10.2. The first kappa shape index (κ1) is 13.6. The van der Waals surface area contributed by atoms with E-state index in [0.29, 0.717) is 0 Å². The van der Waals surface area contributed by atoms with Gasteiger partial charge in [0.2, 0.25) is 0 Å². The van der Waals surface area contributed by atoms with E-state index in [1.54, 1.807) is 11.8 Å². The fourth-order valence-electron chi connectivity index (χ4n) is 1.54. The van der Waals surface area contributed by atoms with Crippen LogP contribution in [0.25, 0.3) is 0 Å². The summed E-state index contributed by atoms with van der Waals surface area (Å²) in [5.41, 5.74) is 1.24. The van der Waals surface area contributed by atoms with Crippen LogP contribution in [-0.2, 0) is 6.54 Å². The van der Waals surface area contributed by atoms with Crippen LogP contribution in [0.2, 0.25) is 0 Å². The van der Waals surface area contributed by atoms with Crippen LogP contribution in [0.5, 0.6) is 0 Å². The van der Waals surface area contributed by atoms with Crippen molar-refractivity contribution in [2.45, 2.75) is 23.4 Å². The van der Waals surface area contributed by atoms with Gasteiger partial charge >= 0.3 is 0 Å². The summed E-state index contributed by atoms with van der Waals surface area (Å²) < 4.78 is 1.11. The third kappa shape index (κ3) is 3.57. The van der Waals surface area contributed by atoms with Crippen molar-refractivity contribution >= 4 is 27.7 Å². The number of pyridine rings is 1. The van der Waals surface area contributed by atoms with Crippen LogP contribution in [0.15, 0.2) is 57.0 Å². The summed E-state index contributed by atoms with van der Waals surface area (Å²) in [6.45, 7) is 3.93. The van der Waals surface area contributed by atoms with Crippen LogP contribution in [-0.4, -0.2) is 11.5 Å². The molecule has 1 N–H and O–H groups in total. The molecule has 0 bridgehead atoms. The van der Waals surface area contributed by atoms with Gasteiger partial charge in [-0.1, -0.05) is 36.9 Å². The molecule has 0 aliphatic carbocycles. The van der Waals surface area contributed by atoms with Gasteiger partial charge in [-0.05, 0) is 46.2 Å². The van der Waals surface area contributed by atoms with Gasteiger partial charge in [-0.3, -0.25) is 0 Å². The monoisotopic (exact) mass is 322 g/mol. The molecule has 2 aromatic rings. The van der Waals surface area contributed by atoms with Gasteiger partial charge in [0.1, 0.15) is 5.03 Å². The van der Waals surface area contributed by atoms with Crippen LogP contribution in [0.1, 0.15) is 12.5 Å². The zero-order chi connectivity index (χ0) is 12.8. The average Bonchev–Trinajstić information content (AvgIpc) is 2.40. The Morgan fingerprint density at radius 1 is 1.22 bits per heavy atom. The maximum Gasteiger partial charge on any atom is 0.105 e. The van der Waals surface area contributed by atoms with E-state index in [9.17, 15) is 0 Å². The van der Waals surface area contributed by atoms with Gasteiger partial charge in [-0.15, -0.1) is 0 Å². The second kappa shape index (κ2) is 6.92. The summed E-state index contributed by atoms with van der Waals surface area (Å²) in [6.07, 6.45) is 1.84. The predicted octanol–water partition coefficient (Wildman–Crippen LogP) is 4.10. The van der Waals surface area contributed by atoms with E-state index in [1.807, 2.05) is 24.4 Å². The van der Waals surface area contributed by atoms with Gasteiger partial charge in [0.05, 0.1) is 0 Å².